The molecular formula is C61H59N4O+. The van der Waals surface area contributed by atoms with Gasteiger partial charge in [0.05, 0.1) is 11.0 Å². The van der Waals surface area contributed by atoms with E-state index in [4.69, 9.17) is 9.72 Å². The Morgan fingerprint density at radius 2 is 1.14 bits per heavy atom. The van der Waals surface area contributed by atoms with Gasteiger partial charge in [-0.25, -0.2) is 4.98 Å². The molecule has 1 fully saturated rings. The van der Waals surface area contributed by atoms with Crippen LogP contribution in [0.4, 0.5) is 22.7 Å². The highest BCUT2D eigenvalue weighted by molar-refractivity contribution is 6.09. The first-order valence-corrected chi connectivity index (χ1v) is 23.7. The molecule has 0 N–H and O–H groups in total. The van der Waals surface area contributed by atoms with Crippen LogP contribution in [0.2, 0.25) is 0 Å². The fraction of sp³-hybridized carbons (Fsp3) is 0.213. The first-order valence-electron chi connectivity index (χ1n) is 23.7. The molecule has 0 aliphatic carbocycles. The van der Waals surface area contributed by atoms with Gasteiger partial charge in [-0.05, 0) is 104 Å². The summed E-state index contributed by atoms with van der Waals surface area (Å²) in [4.78, 5) is 4.95. The van der Waals surface area contributed by atoms with Crippen molar-refractivity contribution in [1.29, 1.82) is 0 Å². The predicted molar refractivity (Wildman–Crippen MR) is 277 cm³/mol. The molecule has 328 valence electrons. The molecule has 1 unspecified atom stereocenters. The molecule has 5 heteroatoms. The van der Waals surface area contributed by atoms with Crippen molar-refractivity contribution in [3.63, 3.8) is 0 Å². The van der Waals surface area contributed by atoms with Gasteiger partial charge in [0.2, 0.25) is 11.4 Å². The van der Waals surface area contributed by atoms with Crippen molar-refractivity contribution in [2.45, 2.75) is 85.5 Å². The Balaban J connectivity index is 1.08. The summed E-state index contributed by atoms with van der Waals surface area (Å²) in [6, 6.07) is 60.4. The number of rotatable bonds is 10. The van der Waals surface area contributed by atoms with E-state index in [9.17, 15) is 0 Å². The van der Waals surface area contributed by atoms with E-state index in [1.165, 1.54) is 61.4 Å². The molecule has 0 spiro atoms. The van der Waals surface area contributed by atoms with Gasteiger partial charge >= 0.3 is 0 Å². The van der Waals surface area contributed by atoms with Crippen LogP contribution >= 0.6 is 0 Å². The maximum atomic E-state index is 7.15. The fourth-order valence-electron chi connectivity index (χ4n) is 10.9. The molecular weight excluding hydrogens is 805 g/mol. The molecule has 7 aromatic carbocycles. The van der Waals surface area contributed by atoms with Crippen molar-refractivity contribution < 1.29 is 4.74 Å². The Kier molecular flexibility index (Phi) is 9.78. The van der Waals surface area contributed by atoms with Crippen LogP contribution in [0.25, 0.3) is 49.9 Å². The largest absolute Gasteiger partial charge is 0.457 e. The molecule has 2 aromatic heterocycles. The minimum absolute atomic E-state index is 0.0187. The Morgan fingerprint density at radius 3 is 1.86 bits per heavy atom. The Hall–Kier alpha value is -6.79. The average molecular weight is 864 g/mol. The second-order valence-electron chi connectivity index (χ2n) is 20.4. The SMILES string of the molecule is CC(C)c1ccccc1-c1cc(Oc2ccc3c4ccccc4n(-c4cc(C(C)(C)C)ccn4)c3c2)cc([N+]23[CH-][N@+]2(c2cccc(-c4c(C(C)C)cccc4C(C)C)c2)c2ccccc23)c1. The van der Waals surface area contributed by atoms with Gasteiger partial charge in [-0.2, -0.15) is 9.18 Å². The minimum Gasteiger partial charge on any atom is -0.457 e. The number of benzene rings is 7. The summed E-state index contributed by atoms with van der Waals surface area (Å²) in [6.07, 6.45) is 1.94. The molecule has 0 radical (unpaired) electrons. The first-order chi connectivity index (χ1) is 31.8. The summed E-state index contributed by atoms with van der Waals surface area (Å²) >= 11 is 0. The monoisotopic (exact) mass is 863 g/mol. The van der Waals surface area contributed by atoms with Crippen LogP contribution in [-0.2, 0) is 5.41 Å². The van der Waals surface area contributed by atoms with Gasteiger partial charge in [0, 0.05) is 59.4 Å². The highest BCUT2D eigenvalue weighted by Crippen LogP contribution is 2.75. The van der Waals surface area contributed by atoms with Crippen molar-refractivity contribution in [3.05, 3.63) is 199 Å². The number of ether oxygens (including phenoxy) is 1. The zero-order valence-electron chi connectivity index (χ0n) is 39.7. The summed E-state index contributed by atoms with van der Waals surface area (Å²) in [5, 5.41) is 2.35. The van der Waals surface area contributed by atoms with Gasteiger partial charge in [-0.3, -0.25) is 4.57 Å². The number of fused-ring (bicyclic) bond motifs is 7. The summed E-state index contributed by atoms with van der Waals surface area (Å²) in [7, 11) is 0. The maximum absolute atomic E-state index is 7.15. The predicted octanol–water partition coefficient (Wildman–Crippen LogP) is 17.3. The van der Waals surface area contributed by atoms with E-state index in [0.29, 0.717) is 26.9 Å². The molecule has 4 heterocycles. The zero-order valence-corrected chi connectivity index (χ0v) is 39.7. The summed E-state index contributed by atoms with van der Waals surface area (Å²) in [5.41, 5.74) is 17.5. The first kappa shape index (κ1) is 41.9. The van der Waals surface area contributed by atoms with E-state index in [1.807, 2.05) is 6.20 Å². The Bertz CT molecular complexity index is 3340. The number of hydrogen-bond donors (Lipinski definition) is 0. The molecule has 2 atom stereocenters. The lowest BCUT2D eigenvalue weighted by Gasteiger charge is -2.40. The van der Waals surface area contributed by atoms with E-state index < -0.39 is 0 Å². The molecule has 2 aliphatic rings. The number of para-hydroxylation sites is 3. The summed E-state index contributed by atoms with van der Waals surface area (Å²) in [5.74, 6) is 3.61. The van der Waals surface area contributed by atoms with Crippen molar-refractivity contribution in [1.82, 2.24) is 18.7 Å². The quantitative estimate of drug-likeness (QED) is 0.0778. The third-order valence-corrected chi connectivity index (χ3v) is 14.2. The third kappa shape index (κ3) is 6.39. The number of aromatic nitrogens is 2. The molecule has 0 saturated carbocycles. The number of quaternary nitrogens is 2. The van der Waals surface area contributed by atoms with E-state index in [1.54, 1.807) is 0 Å². The molecule has 66 heavy (non-hydrogen) atoms. The van der Waals surface area contributed by atoms with Gasteiger partial charge in [-0.1, -0.05) is 147 Å². The number of nitrogens with zero attached hydrogens (tertiary/aromatic N) is 4. The lowest BCUT2D eigenvalue weighted by atomic mass is 9.85. The highest BCUT2D eigenvalue weighted by atomic mass is 16.5. The highest BCUT2D eigenvalue weighted by Gasteiger charge is 2.78. The summed E-state index contributed by atoms with van der Waals surface area (Å²) < 4.78 is 10.6. The van der Waals surface area contributed by atoms with E-state index in [-0.39, 0.29) is 5.41 Å². The van der Waals surface area contributed by atoms with Crippen LogP contribution in [0.3, 0.4) is 0 Å². The van der Waals surface area contributed by atoms with Crippen molar-refractivity contribution >= 4 is 44.6 Å². The zero-order chi connectivity index (χ0) is 45.7. The van der Waals surface area contributed by atoms with E-state index in [0.717, 1.165) is 45.0 Å². The topological polar surface area (TPSA) is 27.1 Å². The van der Waals surface area contributed by atoms with Gasteiger partial charge in [0.25, 0.3) is 0 Å². The lowest BCUT2D eigenvalue weighted by molar-refractivity contribution is 0.424. The van der Waals surface area contributed by atoms with E-state index in [2.05, 4.69) is 237 Å². The molecule has 9 aromatic rings. The van der Waals surface area contributed by atoms with Crippen LogP contribution in [0, 0.1) is 6.67 Å². The van der Waals surface area contributed by atoms with Crippen molar-refractivity contribution in [2.24, 2.45) is 0 Å². The van der Waals surface area contributed by atoms with Crippen LogP contribution in [0.5, 0.6) is 11.5 Å². The number of hydrogen-bond acceptors (Lipinski definition) is 2. The molecule has 1 saturated heterocycles. The molecule has 0 bridgehead atoms. The van der Waals surface area contributed by atoms with Gasteiger partial charge in [0.1, 0.15) is 17.3 Å². The Labute approximate surface area is 390 Å². The van der Waals surface area contributed by atoms with Crippen molar-refractivity contribution in [3.8, 4) is 39.6 Å². The van der Waals surface area contributed by atoms with Gasteiger partial charge < -0.3 is 4.74 Å². The smallest absolute Gasteiger partial charge is 0.225 e. The van der Waals surface area contributed by atoms with Crippen LogP contribution in [0.15, 0.2) is 170 Å². The normalized spacial score (nSPS) is 17.6. The Morgan fingerprint density at radius 1 is 0.515 bits per heavy atom. The fourth-order valence-corrected chi connectivity index (χ4v) is 10.9. The summed E-state index contributed by atoms with van der Waals surface area (Å²) in [6.45, 7) is 23.0. The molecule has 11 rings (SSSR count). The van der Waals surface area contributed by atoms with Crippen LogP contribution in [-0.4, -0.2) is 9.55 Å². The number of pyridine rings is 1. The molecule has 0 amide bonds. The molecule has 5 nitrogen and oxygen atoms in total. The lowest BCUT2D eigenvalue weighted by Crippen LogP contribution is -2.46. The standard InChI is InChI=1S/C61H59N4O/c1-39(2)49-20-10-11-21-52(49)43-33-46(36-48(34-43)66-47-28-29-54-53-22-12-13-25-55(53)63(56(54)37-47)59-35-44(30-31-62-59)61(7,8)9)65-38-64(65,57-26-14-15-27-58(57)65)45-19-16-18-42(32-45)60-50(40(3)4)23-17-24-51(60)41(5)6/h10-41H,1-9H3/q+1/t64-,65?/m0/s1. The average Bonchev–Trinajstić information content (AvgIpc) is 3.81. The van der Waals surface area contributed by atoms with Crippen LogP contribution < -0.4 is 13.9 Å². The van der Waals surface area contributed by atoms with E-state index >= 15 is 0 Å². The second-order valence-corrected chi connectivity index (χ2v) is 20.4. The van der Waals surface area contributed by atoms with Crippen molar-refractivity contribution in [2.75, 3.05) is 0 Å². The minimum atomic E-state index is -0.0187. The second kappa shape index (κ2) is 15.4. The molecule has 2 aliphatic heterocycles. The third-order valence-electron chi connectivity index (χ3n) is 14.2. The maximum Gasteiger partial charge on any atom is 0.225 e. The van der Waals surface area contributed by atoms with Gasteiger partial charge in [-0.15, -0.1) is 0 Å². The van der Waals surface area contributed by atoms with Crippen LogP contribution in [0.1, 0.15) is 102 Å². The van der Waals surface area contributed by atoms with Gasteiger partial charge in [0.15, 0.2) is 18.0 Å².